The number of nitrogens with zero attached hydrogens (tertiary/aromatic N) is 3. The first-order valence-corrected chi connectivity index (χ1v) is 9.48. The van der Waals surface area contributed by atoms with Gasteiger partial charge < -0.3 is 10.6 Å². The number of primary amides is 1. The summed E-state index contributed by atoms with van der Waals surface area (Å²) in [5.41, 5.74) is 5.44. The first-order chi connectivity index (χ1) is 11.7. The van der Waals surface area contributed by atoms with Crippen molar-refractivity contribution >= 4 is 21.8 Å². The van der Waals surface area contributed by atoms with Gasteiger partial charge in [0.1, 0.15) is 0 Å². The lowest BCUT2D eigenvalue weighted by atomic mass is 10.2. The fourth-order valence-corrected chi connectivity index (χ4v) is 4.09. The highest BCUT2D eigenvalue weighted by Gasteiger charge is 2.27. The third-order valence-corrected chi connectivity index (χ3v) is 6.09. The van der Waals surface area contributed by atoms with Crippen molar-refractivity contribution in [3.8, 4) is 0 Å². The molecule has 1 aromatic carbocycles. The molecule has 1 heterocycles. The molecule has 0 bridgehead atoms. The van der Waals surface area contributed by atoms with Crippen molar-refractivity contribution in [2.24, 2.45) is 5.73 Å². The van der Waals surface area contributed by atoms with E-state index in [-0.39, 0.29) is 22.9 Å². The Kier molecular flexibility index (Phi) is 6.15. The fourth-order valence-electron chi connectivity index (χ4n) is 2.62. The molecule has 2 N–H and O–H groups in total. The molecule has 2 amide bonds. The van der Waals surface area contributed by atoms with Gasteiger partial charge in [0.05, 0.1) is 11.4 Å². The van der Waals surface area contributed by atoms with Crippen LogP contribution in [0.2, 0.25) is 0 Å². The van der Waals surface area contributed by atoms with E-state index in [1.54, 1.807) is 14.1 Å². The highest BCUT2D eigenvalue weighted by Crippen LogP contribution is 2.18. The molecular weight excluding hydrogens is 344 g/mol. The number of amides is 2. The normalized spacial score (nSPS) is 17.0. The van der Waals surface area contributed by atoms with Crippen molar-refractivity contribution < 1.29 is 18.0 Å². The van der Waals surface area contributed by atoms with E-state index >= 15 is 0 Å². The zero-order valence-electron chi connectivity index (χ0n) is 14.5. The van der Waals surface area contributed by atoms with E-state index in [4.69, 9.17) is 5.73 Å². The quantitative estimate of drug-likeness (QED) is 0.759. The van der Waals surface area contributed by atoms with Gasteiger partial charge in [-0.05, 0) is 37.2 Å². The minimum Gasteiger partial charge on any atom is -0.366 e. The van der Waals surface area contributed by atoms with Crippen LogP contribution in [0.5, 0.6) is 0 Å². The molecule has 138 valence electrons. The molecule has 1 aromatic rings. The molecule has 0 spiro atoms. The number of nitrogens with two attached hydrogens (primary N) is 1. The summed E-state index contributed by atoms with van der Waals surface area (Å²) < 4.78 is 27.0. The smallest absolute Gasteiger partial charge is 0.248 e. The van der Waals surface area contributed by atoms with Crippen molar-refractivity contribution in [3.63, 3.8) is 0 Å². The molecule has 1 aliphatic rings. The van der Waals surface area contributed by atoms with E-state index < -0.39 is 15.9 Å². The van der Waals surface area contributed by atoms with Gasteiger partial charge in [0, 0.05) is 39.3 Å². The van der Waals surface area contributed by atoms with E-state index in [2.05, 4.69) is 0 Å². The SMILES string of the molecule is CN(C)C(=O)CN1CCCN(S(=O)(=O)c2ccc(C(N)=O)cc2)CC1. The maximum absolute atomic E-state index is 12.8. The maximum atomic E-state index is 12.8. The molecule has 8 nitrogen and oxygen atoms in total. The Labute approximate surface area is 148 Å². The average Bonchev–Trinajstić information content (AvgIpc) is 2.81. The minimum absolute atomic E-state index is 0.00153. The molecular formula is C16H24N4O4S. The number of sulfonamides is 1. The van der Waals surface area contributed by atoms with Gasteiger partial charge in [-0.25, -0.2) is 8.42 Å². The monoisotopic (exact) mass is 368 g/mol. The Morgan fingerprint density at radius 1 is 1.08 bits per heavy atom. The number of benzene rings is 1. The van der Waals surface area contributed by atoms with Crippen molar-refractivity contribution in [1.29, 1.82) is 0 Å². The van der Waals surface area contributed by atoms with Crippen LogP contribution in [0.1, 0.15) is 16.8 Å². The lowest BCUT2D eigenvalue weighted by molar-refractivity contribution is -0.129. The summed E-state index contributed by atoms with van der Waals surface area (Å²) in [4.78, 5) is 26.6. The molecule has 1 aliphatic heterocycles. The van der Waals surface area contributed by atoms with Gasteiger partial charge in [-0.2, -0.15) is 4.31 Å². The Balaban J connectivity index is 2.07. The molecule has 1 saturated heterocycles. The molecule has 0 aliphatic carbocycles. The zero-order chi connectivity index (χ0) is 18.6. The summed E-state index contributed by atoms with van der Waals surface area (Å²) in [5, 5.41) is 0. The first-order valence-electron chi connectivity index (χ1n) is 8.04. The number of carbonyl (C=O) groups excluding carboxylic acids is 2. The predicted octanol–water partition coefficient (Wildman–Crippen LogP) is -0.430. The average molecular weight is 368 g/mol. The summed E-state index contributed by atoms with van der Waals surface area (Å²) in [6, 6.07) is 5.62. The van der Waals surface area contributed by atoms with Crippen molar-refractivity contribution in [1.82, 2.24) is 14.1 Å². The van der Waals surface area contributed by atoms with Gasteiger partial charge in [0.15, 0.2) is 0 Å². The van der Waals surface area contributed by atoms with Crippen molar-refractivity contribution in [2.45, 2.75) is 11.3 Å². The van der Waals surface area contributed by atoms with Gasteiger partial charge in [-0.15, -0.1) is 0 Å². The Hall–Kier alpha value is -1.97. The largest absolute Gasteiger partial charge is 0.366 e. The summed E-state index contributed by atoms with van der Waals surface area (Å²) in [6.07, 6.45) is 0.652. The van der Waals surface area contributed by atoms with E-state index in [0.29, 0.717) is 32.6 Å². The molecule has 0 radical (unpaired) electrons. The molecule has 9 heteroatoms. The van der Waals surface area contributed by atoms with Crippen LogP contribution in [0, 0.1) is 0 Å². The van der Waals surface area contributed by atoms with Gasteiger partial charge in [0.2, 0.25) is 21.8 Å². The Morgan fingerprint density at radius 3 is 2.28 bits per heavy atom. The summed E-state index contributed by atoms with van der Waals surface area (Å²) in [7, 11) is -0.235. The lowest BCUT2D eigenvalue weighted by Crippen LogP contribution is -2.39. The molecule has 0 aromatic heterocycles. The minimum atomic E-state index is -3.64. The Morgan fingerprint density at radius 2 is 1.72 bits per heavy atom. The number of hydrogen-bond acceptors (Lipinski definition) is 5. The van der Waals surface area contributed by atoms with Crippen LogP contribution in [-0.2, 0) is 14.8 Å². The zero-order valence-corrected chi connectivity index (χ0v) is 15.3. The third-order valence-electron chi connectivity index (χ3n) is 4.18. The van der Waals surface area contributed by atoms with Gasteiger partial charge in [0.25, 0.3) is 0 Å². The number of rotatable bonds is 5. The molecule has 0 atom stereocenters. The van der Waals surface area contributed by atoms with Crippen LogP contribution in [-0.4, -0.2) is 81.2 Å². The molecule has 0 unspecified atom stereocenters. The topological polar surface area (TPSA) is 104 Å². The van der Waals surface area contributed by atoms with E-state index in [0.717, 1.165) is 0 Å². The summed E-state index contributed by atoms with van der Waals surface area (Å²) >= 11 is 0. The second-order valence-corrected chi connectivity index (χ2v) is 8.15. The maximum Gasteiger partial charge on any atom is 0.248 e. The molecule has 2 rings (SSSR count). The standard InChI is InChI=1S/C16H24N4O4S/c1-18(2)15(21)12-19-8-3-9-20(11-10-19)25(23,24)14-6-4-13(5-7-14)16(17)22/h4-7H,3,8-12H2,1-2H3,(H2,17,22). The summed E-state index contributed by atoms with van der Waals surface area (Å²) in [6.45, 7) is 2.17. The predicted molar refractivity (Wildman–Crippen MR) is 93.5 cm³/mol. The van der Waals surface area contributed by atoms with Crippen LogP contribution in [0.25, 0.3) is 0 Å². The third kappa shape index (κ3) is 4.77. The Bertz CT molecular complexity index is 731. The van der Waals surface area contributed by atoms with Crippen LogP contribution >= 0.6 is 0 Å². The van der Waals surface area contributed by atoms with Gasteiger partial charge >= 0.3 is 0 Å². The second-order valence-electron chi connectivity index (χ2n) is 6.21. The second kappa shape index (κ2) is 7.94. The van der Waals surface area contributed by atoms with E-state index in [1.165, 1.54) is 33.5 Å². The number of hydrogen-bond donors (Lipinski definition) is 1. The number of likely N-dealkylation sites (N-methyl/N-ethyl adjacent to an activating group) is 1. The van der Waals surface area contributed by atoms with Crippen LogP contribution in [0.15, 0.2) is 29.2 Å². The van der Waals surface area contributed by atoms with Crippen molar-refractivity contribution in [2.75, 3.05) is 46.8 Å². The van der Waals surface area contributed by atoms with Crippen LogP contribution in [0.3, 0.4) is 0 Å². The highest BCUT2D eigenvalue weighted by atomic mass is 32.2. The molecule has 25 heavy (non-hydrogen) atoms. The van der Waals surface area contributed by atoms with Crippen LogP contribution in [0.4, 0.5) is 0 Å². The van der Waals surface area contributed by atoms with Gasteiger partial charge in [-0.1, -0.05) is 0 Å². The summed E-state index contributed by atoms with van der Waals surface area (Å²) in [5.74, 6) is -0.599. The number of carbonyl (C=O) groups is 2. The van der Waals surface area contributed by atoms with Crippen LogP contribution < -0.4 is 5.73 Å². The van der Waals surface area contributed by atoms with Crippen molar-refractivity contribution in [3.05, 3.63) is 29.8 Å². The van der Waals surface area contributed by atoms with E-state index in [1.807, 2.05) is 4.90 Å². The fraction of sp³-hybridized carbons (Fsp3) is 0.500. The highest BCUT2D eigenvalue weighted by molar-refractivity contribution is 7.89. The van der Waals surface area contributed by atoms with Gasteiger partial charge in [-0.3, -0.25) is 14.5 Å². The first kappa shape index (κ1) is 19.4. The lowest BCUT2D eigenvalue weighted by Gasteiger charge is -2.22. The molecule has 1 fully saturated rings. The van der Waals surface area contributed by atoms with E-state index in [9.17, 15) is 18.0 Å². The molecule has 0 saturated carbocycles.